The van der Waals surface area contributed by atoms with E-state index in [-0.39, 0.29) is 12.0 Å². The van der Waals surface area contributed by atoms with Crippen LogP contribution < -0.4 is 11.5 Å². The largest absolute Gasteiger partial charge is 0.480 e. The summed E-state index contributed by atoms with van der Waals surface area (Å²) in [6.07, 6.45) is 4.22. The smallest absolute Gasteiger partial charge is 0.320 e. The molecule has 0 spiro atoms. The molecular formula is C13H28N4O2. The summed E-state index contributed by atoms with van der Waals surface area (Å²) in [4.78, 5) is 17.3. The number of carboxylic acid groups (broad SMARTS) is 1. The van der Waals surface area contributed by atoms with Crippen molar-refractivity contribution in [1.82, 2.24) is 4.90 Å². The van der Waals surface area contributed by atoms with E-state index in [9.17, 15) is 9.90 Å². The van der Waals surface area contributed by atoms with E-state index >= 15 is 0 Å². The average molecular weight is 272 g/mol. The fourth-order valence-electron chi connectivity index (χ4n) is 2.12. The number of aliphatic imine (C=N–C) groups is 1. The van der Waals surface area contributed by atoms with Gasteiger partial charge in [-0.15, -0.1) is 0 Å². The molecule has 0 radical (unpaired) electrons. The van der Waals surface area contributed by atoms with Crippen molar-refractivity contribution in [3.05, 3.63) is 0 Å². The molecule has 6 heteroatoms. The zero-order valence-electron chi connectivity index (χ0n) is 12.1. The lowest BCUT2D eigenvalue weighted by Gasteiger charge is -2.28. The van der Waals surface area contributed by atoms with Gasteiger partial charge in [-0.3, -0.25) is 14.7 Å². The third kappa shape index (κ3) is 8.42. The number of nitrogens with zero attached hydrogens (tertiary/aromatic N) is 2. The van der Waals surface area contributed by atoms with Crippen LogP contribution in [-0.4, -0.2) is 47.6 Å². The second-order valence-electron chi connectivity index (χ2n) is 4.69. The number of rotatable bonds is 11. The quantitative estimate of drug-likeness (QED) is 0.296. The lowest BCUT2D eigenvalue weighted by atomic mass is 10.1. The number of hydrogen-bond donors (Lipinski definition) is 3. The third-order valence-corrected chi connectivity index (χ3v) is 2.93. The summed E-state index contributed by atoms with van der Waals surface area (Å²) in [5.74, 6) is -0.642. The van der Waals surface area contributed by atoms with Crippen molar-refractivity contribution in [2.45, 2.75) is 52.0 Å². The van der Waals surface area contributed by atoms with E-state index < -0.39 is 5.97 Å². The third-order valence-electron chi connectivity index (χ3n) is 2.93. The van der Waals surface area contributed by atoms with Gasteiger partial charge in [0.2, 0.25) is 0 Å². The van der Waals surface area contributed by atoms with E-state index in [4.69, 9.17) is 11.5 Å². The van der Waals surface area contributed by atoms with Gasteiger partial charge in [-0.1, -0.05) is 13.8 Å². The van der Waals surface area contributed by atoms with Crippen molar-refractivity contribution in [3.8, 4) is 0 Å². The van der Waals surface area contributed by atoms with Crippen LogP contribution in [0, 0.1) is 0 Å². The lowest BCUT2D eigenvalue weighted by molar-refractivity contribution is -0.143. The second-order valence-corrected chi connectivity index (χ2v) is 4.69. The van der Waals surface area contributed by atoms with Crippen LogP contribution in [0.25, 0.3) is 0 Å². The van der Waals surface area contributed by atoms with E-state index in [0.29, 0.717) is 13.0 Å². The van der Waals surface area contributed by atoms with Gasteiger partial charge in [0.05, 0.1) is 0 Å². The van der Waals surface area contributed by atoms with Gasteiger partial charge < -0.3 is 16.6 Å². The summed E-state index contributed by atoms with van der Waals surface area (Å²) in [6, 6.07) is -0.390. The summed E-state index contributed by atoms with van der Waals surface area (Å²) in [5.41, 5.74) is 10.5. The normalized spacial score (nSPS) is 12.4. The Morgan fingerprint density at radius 3 is 2.21 bits per heavy atom. The summed E-state index contributed by atoms with van der Waals surface area (Å²) in [6.45, 7) is 6.37. The van der Waals surface area contributed by atoms with E-state index in [1.54, 1.807) is 0 Å². The zero-order valence-corrected chi connectivity index (χ0v) is 12.1. The lowest BCUT2D eigenvalue weighted by Crippen LogP contribution is -2.42. The van der Waals surface area contributed by atoms with Crippen molar-refractivity contribution in [3.63, 3.8) is 0 Å². The Morgan fingerprint density at radius 1 is 1.21 bits per heavy atom. The summed E-state index contributed by atoms with van der Waals surface area (Å²) in [7, 11) is 0. The van der Waals surface area contributed by atoms with Crippen LogP contribution in [0.3, 0.4) is 0 Å². The number of unbranched alkanes of at least 4 members (excludes halogenated alkanes) is 1. The fourth-order valence-corrected chi connectivity index (χ4v) is 2.12. The number of hydrogen-bond acceptors (Lipinski definition) is 3. The predicted octanol–water partition coefficient (Wildman–Crippen LogP) is 1.01. The van der Waals surface area contributed by atoms with Crippen molar-refractivity contribution in [2.24, 2.45) is 16.5 Å². The topological polar surface area (TPSA) is 105 Å². The van der Waals surface area contributed by atoms with Gasteiger partial charge in [-0.05, 0) is 45.2 Å². The molecule has 6 nitrogen and oxygen atoms in total. The molecular weight excluding hydrogens is 244 g/mol. The van der Waals surface area contributed by atoms with Crippen molar-refractivity contribution >= 4 is 11.9 Å². The Bertz CT molecular complexity index is 272. The van der Waals surface area contributed by atoms with Gasteiger partial charge in [0.15, 0.2) is 5.96 Å². The van der Waals surface area contributed by atoms with Crippen LogP contribution in [-0.2, 0) is 4.79 Å². The Labute approximate surface area is 115 Å². The maximum absolute atomic E-state index is 11.4. The maximum atomic E-state index is 11.4. The molecule has 0 saturated heterocycles. The van der Waals surface area contributed by atoms with E-state index in [0.717, 1.165) is 38.8 Å². The highest BCUT2D eigenvalue weighted by Gasteiger charge is 2.23. The van der Waals surface area contributed by atoms with Crippen LogP contribution >= 0.6 is 0 Å². The Hall–Kier alpha value is -1.30. The second kappa shape index (κ2) is 10.6. The van der Waals surface area contributed by atoms with Crippen LogP contribution in [0.2, 0.25) is 0 Å². The molecule has 0 aliphatic heterocycles. The molecule has 0 aromatic heterocycles. The van der Waals surface area contributed by atoms with Gasteiger partial charge in [0.1, 0.15) is 6.04 Å². The molecule has 0 amide bonds. The number of nitrogens with two attached hydrogens (primary N) is 2. The molecule has 0 unspecified atom stereocenters. The molecule has 0 aliphatic carbocycles. The molecule has 0 saturated carbocycles. The molecule has 1 atom stereocenters. The first-order chi connectivity index (χ1) is 9.02. The Kier molecular flexibility index (Phi) is 9.88. The van der Waals surface area contributed by atoms with Crippen molar-refractivity contribution in [2.75, 3.05) is 19.6 Å². The molecule has 0 fully saturated rings. The Balaban J connectivity index is 4.22. The van der Waals surface area contributed by atoms with Crippen LogP contribution in [0.5, 0.6) is 0 Å². The monoisotopic (exact) mass is 272 g/mol. The highest BCUT2D eigenvalue weighted by atomic mass is 16.4. The molecule has 5 N–H and O–H groups in total. The number of aliphatic carboxylic acids is 1. The highest BCUT2D eigenvalue weighted by Crippen LogP contribution is 2.11. The maximum Gasteiger partial charge on any atom is 0.320 e. The van der Waals surface area contributed by atoms with Gasteiger partial charge in [-0.25, -0.2) is 0 Å². The fraction of sp³-hybridized carbons (Fsp3) is 0.846. The Morgan fingerprint density at radius 2 is 1.79 bits per heavy atom. The van der Waals surface area contributed by atoms with Crippen LogP contribution in [0.4, 0.5) is 0 Å². The van der Waals surface area contributed by atoms with Crippen molar-refractivity contribution in [1.29, 1.82) is 0 Å². The predicted molar refractivity (Wildman–Crippen MR) is 78.1 cm³/mol. The van der Waals surface area contributed by atoms with Gasteiger partial charge in [0.25, 0.3) is 0 Å². The number of carboxylic acids is 1. The highest BCUT2D eigenvalue weighted by molar-refractivity contribution is 5.75. The molecule has 0 aliphatic rings. The van der Waals surface area contributed by atoms with Crippen LogP contribution in [0.1, 0.15) is 46.0 Å². The van der Waals surface area contributed by atoms with Gasteiger partial charge >= 0.3 is 5.97 Å². The summed E-state index contributed by atoms with van der Waals surface area (Å²) >= 11 is 0. The molecule has 19 heavy (non-hydrogen) atoms. The van der Waals surface area contributed by atoms with E-state index in [2.05, 4.69) is 23.7 Å². The minimum atomic E-state index is -0.733. The first-order valence-electron chi connectivity index (χ1n) is 7.05. The summed E-state index contributed by atoms with van der Waals surface area (Å²) < 4.78 is 0. The summed E-state index contributed by atoms with van der Waals surface area (Å²) in [5, 5.41) is 9.33. The van der Waals surface area contributed by atoms with E-state index in [1.165, 1.54) is 0 Å². The molecule has 0 rings (SSSR count). The average Bonchev–Trinajstić information content (AvgIpc) is 2.32. The zero-order chi connectivity index (χ0) is 14.7. The van der Waals surface area contributed by atoms with Gasteiger partial charge in [0, 0.05) is 6.54 Å². The number of guanidine groups is 1. The van der Waals surface area contributed by atoms with Crippen molar-refractivity contribution < 1.29 is 9.90 Å². The SMILES string of the molecule is CCCN(CCC)[C@H](CCCCN=C(N)N)C(=O)O. The standard InChI is InChI=1S/C13H28N4O2/c1-3-9-17(10-4-2)11(12(18)19)7-5-6-8-16-13(14)15/h11H,3-10H2,1-2H3,(H,18,19)(H4,14,15,16)/t11-/m1/s1. The van der Waals surface area contributed by atoms with Crippen LogP contribution in [0.15, 0.2) is 4.99 Å². The van der Waals surface area contributed by atoms with E-state index in [1.807, 2.05) is 0 Å². The first kappa shape index (κ1) is 17.7. The molecule has 0 aromatic carbocycles. The molecule has 0 aromatic rings. The number of carbonyl (C=O) groups is 1. The minimum Gasteiger partial charge on any atom is -0.480 e. The first-order valence-corrected chi connectivity index (χ1v) is 7.05. The molecule has 0 heterocycles. The minimum absolute atomic E-state index is 0.0911. The molecule has 0 bridgehead atoms. The molecule has 112 valence electrons. The van der Waals surface area contributed by atoms with Gasteiger partial charge in [-0.2, -0.15) is 0 Å².